The Hall–Kier alpha value is -2.20. The van der Waals surface area contributed by atoms with Crippen LogP contribution in [-0.2, 0) is 9.53 Å². The summed E-state index contributed by atoms with van der Waals surface area (Å²) in [6.07, 6.45) is 5.93. The highest BCUT2D eigenvalue weighted by Crippen LogP contribution is 2.28. The van der Waals surface area contributed by atoms with Crippen molar-refractivity contribution in [3.8, 4) is 0 Å². The van der Waals surface area contributed by atoms with Crippen molar-refractivity contribution in [2.75, 3.05) is 13.2 Å². The molecule has 2 aromatic rings. The summed E-state index contributed by atoms with van der Waals surface area (Å²) in [5.41, 5.74) is 2.06. The normalized spacial score (nSPS) is 15.3. The molecule has 22 heavy (non-hydrogen) atoms. The van der Waals surface area contributed by atoms with Gasteiger partial charge in [-0.15, -0.1) is 0 Å². The minimum absolute atomic E-state index is 0.0914. The van der Waals surface area contributed by atoms with E-state index in [0.717, 1.165) is 11.1 Å². The summed E-state index contributed by atoms with van der Waals surface area (Å²) < 4.78 is 5.47. The van der Waals surface area contributed by atoms with Crippen molar-refractivity contribution in [3.05, 3.63) is 66.0 Å². The van der Waals surface area contributed by atoms with E-state index in [1.165, 1.54) is 12.8 Å². The van der Waals surface area contributed by atoms with Gasteiger partial charge in [0.2, 0.25) is 5.91 Å². The average molecular weight is 296 g/mol. The summed E-state index contributed by atoms with van der Waals surface area (Å²) >= 11 is 0. The second kappa shape index (κ2) is 7.18. The number of hydrogen-bond donors (Lipinski definition) is 1. The molecule has 1 fully saturated rings. The van der Waals surface area contributed by atoms with Crippen LogP contribution in [0.2, 0.25) is 0 Å². The van der Waals surface area contributed by atoms with E-state index in [1.54, 1.807) is 12.4 Å². The number of nitrogens with one attached hydrogen (secondary N) is 1. The Balaban J connectivity index is 1.67. The van der Waals surface area contributed by atoms with Gasteiger partial charge in [0.15, 0.2) is 0 Å². The summed E-state index contributed by atoms with van der Waals surface area (Å²) in [5.74, 6) is 0.573. The quantitative estimate of drug-likeness (QED) is 0.854. The van der Waals surface area contributed by atoms with Gasteiger partial charge in [-0.3, -0.25) is 9.78 Å². The van der Waals surface area contributed by atoms with E-state index in [1.807, 2.05) is 42.5 Å². The Bertz CT molecular complexity index is 557. The van der Waals surface area contributed by atoms with Gasteiger partial charge in [-0.2, -0.15) is 0 Å². The first-order valence-corrected chi connectivity index (χ1v) is 7.65. The van der Waals surface area contributed by atoms with Crippen LogP contribution in [0.15, 0.2) is 54.9 Å². The number of carbonyl (C=O) groups excluding carboxylic acids is 1. The Morgan fingerprint density at radius 1 is 1.14 bits per heavy atom. The molecule has 0 saturated heterocycles. The number of rotatable bonds is 7. The minimum Gasteiger partial charge on any atom is -0.371 e. The zero-order valence-corrected chi connectivity index (χ0v) is 12.4. The third-order valence-electron chi connectivity index (χ3n) is 3.76. The van der Waals surface area contributed by atoms with Crippen LogP contribution < -0.4 is 5.32 Å². The summed E-state index contributed by atoms with van der Waals surface area (Å²) in [7, 11) is 0. The Morgan fingerprint density at radius 2 is 1.82 bits per heavy atom. The maximum atomic E-state index is 12.2. The highest BCUT2D eigenvalue weighted by molar-refractivity contribution is 5.78. The number of ether oxygens (including phenoxy) is 1. The van der Waals surface area contributed by atoms with E-state index in [0.29, 0.717) is 12.5 Å². The fraction of sp³-hybridized carbons (Fsp3) is 0.333. The third-order valence-corrected chi connectivity index (χ3v) is 3.76. The molecule has 4 nitrogen and oxygen atoms in total. The van der Waals surface area contributed by atoms with Crippen LogP contribution in [0.4, 0.5) is 0 Å². The average Bonchev–Trinajstić information content (AvgIpc) is 3.39. The van der Waals surface area contributed by atoms with Gasteiger partial charge in [-0.25, -0.2) is 0 Å². The Labute approximate surface area is 130 Å². The summed E-state index contributed by atoms with van der Waals surface area (Å²) in [4.78, 5) is 16.2. The number of nitrogens with zero attached hydrogens (tertiary/aromatic N) is 1. The SMILES string of the molecule is O=C(COCC1CC1)N[C@H](c1ccccc1)c1ccncc1. The van der Waals surface area contributed by atoms with Gasteiger partial charge in [0.05, 0.1) is 12.6 Å². The van der Waals surface area contributed by atoms with Gasteiger partial charge < -0.3 is 10.1 Å². The molecule has 1 aromatic carbocycles. The second-order valence-corrected chi connectivity index (χ2v) is 5.65. The largest absolute Gasteiger partial charge is 0.371 e. The van der Waals surface area contributed by atoms with Gasteiger partial charge in [-0.1, -0.05) is 30.3 Å². The number of hydrogen-bond acceptors (Lipinski definition) is 3. The fourth-order valence-electron chi connectivity index (χ4n) is 2.37. The second-order valence-electron chi connectivity index (χ2n) is 5.65. The molecule has 1 N–H and O–H groups in total. The maximum Gasteiger partial charge on any atom is 0.246 e. The van der Waals surface area contributed by atoms with Gasteiger partial charge in [-0.05, 0) is 42.0 Å². The third kappa shape index (κ3) is 4.15. The molecule has 1 aliphatic carbocycles. The molecule has 0 unspecified atom stereocenters. The van der Waals surface area contributed by atoms with Crippen LogP contribution in [0, 0.1) is 5.92 Å². The lowest BCUT2D eigenvalue weighted by atomic mass is 10.00. The van der Waals surface area contributed by atoms with E-state index < -0.39 is 0 Å². The van der Waals surface area contributed by atoms with Crippen molar-refractivity contribution in [2.45, 2.75) is 18.9 Å². The fourth-order valence-corrected chi connectivity index (χ4v) is 2.37. The Kier molecular flexibility index (Phi) is 4.81. The van der Waals surface area contributed by atoms with Crippen LogP contribution in [0.3, 0.4) is 0 Å². The topological polar surface area (TPSA) is 51.2 Å². The van der Waals surface area contributed by atoms with E-state index in [4.69, 9.17) is 4.74 Å². The van der Waals surface area contributed by atoms with Crippen molar-refractivity contribution in [1.82, 2.24) is 10.3 Å². The predicted octanol–water partition coefficient (Wildman–Crippen LogP) is 2.71. The molecular formula is C18H20N2O2. The summed E-state index contributed by atoms with van der Waals surface area (Å²) in [5, 5.41) is 3.05. The van der Waals surface area contributed by atoms with Crippen LogP contribution in [0.5, 0.6) is 0 Å². The Morgan fingerprint density at radius 3 is 2.50 bits per heavy atom. The molecule has 0 radical (unpaired) electrons. The van der Waals surface area contributed by atoms with Crippen molar-refractivity contribution in [1.29, 1.82) is 0 Å². The number of carbonyl (C=O) groups is 1. The molecule has 1 saturated carbocycles. The van der Waals surface area contributed by atoms with Crippen LogP contribution in [-0.4, -0.2) is 24.1 Å². The number of pyridine rings is 1. The summed E-state index contributed by atoms with van der Waals surface area (Å²) in [6, 6.07) is 13.6. The highest BCUT2D eigenvalue weighted by Gasteiger charge is 2.22. The van der Waals surface area contributed by atoms with E-state index in [9.17, 15) is 4.79 Å². The monoisotopic (exact) mass is 296 g/mol. The number of amides is 1. The molecule has 1 amide bonds. The van der Waals surface area contributed by atoms with Gasteiger partial charge in [0.1, 0.15) is 6.61 Å². The molecular weight excluding hydrogens is 276 g/mol. The van der Waals surface area contributed by atoms with Crippen LogP contribution >= 0.6 is 0 Å². The maximum absolute atomic E-state index is 12.2. The standard InChI is InChI=1S/C18H20N2O2/c21-17(13-22-12-14-6-7-14)20-18(15-4-2-1-3-5-15)16-8-10-19-11-9-16/h1-5,8-11,14,18H,6-7,12-13H2,(H,20,21)/t18-/m1/s1. The molecule has 4 heteroatoms. The zero-order chi connectivity index (χ0) is 15.2. The molecule has 1 aliphatic rings. The molecule has 0 spiro atoms. The molecule has 1 atom stereocenters. The van der Waals surface area contributed by atoms with Crippen LogP contribution in [0.25, 0.3) is 0 Å². The predicted molar refractivity (Wildman–Crippen MR) is 84.2 cm³/mol. The smallest absolute Gasteiger partial charge is 0.246 e. The van der Waals surface area contributed by atoms with Crippen molar-refractivity contribution in [3.63, 3.8) is 0 Å². The zero-order valence-electron chi connectivity index (χ0n) is 12.4. The lowest BCUT2D eigenvalue weighted by Crippen LogP contribution is -2.32. The molecule has 0 aliphatic heterocycles. The van der Waals surface area contributed by atoms with E-state index in [-0.39, 0.29) is 18.6 Å². The van der Waals surface area contributed by atoms with Crippen LogP contribution in [0.1, 0.15) is 30.0 Å². The van der Waals surface area contributed by atoms with Gasteiger partial charge in [0, 0.05) is 12.4 Å². The highest BCUT2D eigenvalue weighted by atomic mass is 16.5. The number of aromatic nitrogens is 1. The van der Waals surface area contributed by atoms with Gasteiger partial charge in [0.25, 0.3) is 0 Å². The lowest BCUT2D eigenvalue weighted by Gasteiger charge is -2.19. The molecule has 0 bridgehead atoms. The van der Waals surface area contributed by atoms with Gasteiger partial charge >= 0.3 is 0 Å². The first kappa shape index (κ1) is 14.7. The minimum atomic E-state index is -0.179. The first-order valence-electron chi connectivity index (χ1n) is 7.65. The summed E-state index contributed by atoms with van der Waals surface area (Å²) in [6.45, 7) is 0.809. The van der Waals surface area contributed by atoms with E-state index >= 15 is 0 Å². The van der Waals surface area contributed by atoms with E-state index in [2.05, 4.69) is 10.3 Å². The first-order chi connectivity index (χ1) is 10.8. The van der Waals surface area contributed by atoms with Crippen molar-refractivity contribution < 1.29 is 9.53 Å². The molecule has 1 aromatic heterocycles. The number of benzene rings is 1. The molecule has 1 heterocycles. The molecule has 114 valence electrons. The van der Waals surface area contributed by atoms with Crippen molar-refractivity contribution >= 4 is 5.91 Å². The lowest BCUT2D eigenvalue weighted by molar-refractivity contribution is -0.126. The van der Waals surface area contributed by atoms with Crippen molar-refractivity contribution in [2.24, 2.45) is 5.92 Å². The molecule has 3 rings (SSSR count).